The summed E-state index contributed by atoms with van der Waals surface area (Å²) >= 11 is 1.34. The number of para-hydroxylation sites is 1. The van der Waals surface area contributed by atoms with E-state index in [1.165, 1.54) is 17.8 Å². The molecule has 1 heterocycles. The van der Waals surface area contributed by atoms with Crippen molar-refractivity contribution in [2.24, 2.45) is 0 Å². The van der Waals surface area contributed by atoms with E-state index in [0.29, 0.717) is 16.5 Å². The highest BCUT2D eigenvalue weighted by molar-refractivity contribution is 7.99. The largest absolute Gasteiger partial charge is 0.480 e. The molecule has 0 aliphatic rings. The van der Waals surface area contributed by atoms with Crippen molar-refractivity contribution in [1.82, 2.24) is 14.8 Å². The Kier molecular flexibility index (Phi) is 6.46. The summed E-state index contributed by atoms with van der Waals surface area (Å²) in [6, 6.07) is 15.5. The first-order valence-electron chi connectivity index (χ1n) is 9.04. The van der Waals surface area contributed by atoms with Crippen LogP contribution in [0.15, 0.2) is 59.8 Å². The molecule has 0 bridgehead atoms. The molecule has 0 aliphatic carbocycles. The third kappa shape index (κ3) is 4.59. The van der Waals surface area contributed by atoms with E-state index in [1.54, 1.807) is 37.3 Å². The van der Waals surface area contributed by atoms with Gasteiger partial charge in [-0.1, -0.05) is 54.2 Å². The molecule has 0 saturated carbocycles. The summed E-state index contributed by atoms with van der Waals surface area (Å²) in [5.74, 6) is 0.626. The van der Waals surface area contributed by atoms with Crippen LogP contribution in [0.25, 0.3) is 0 Å². The highest BCUT2D eigenvalue weighted by atomic mass is 32.2. The van der Waals surface area contributed by atoms with Crippen molar-refractivity contribution in [2.45, 2.75) is 38.1 Å². The van der Waals surface area contributed by atoms with E-state index in [-0.39, 0.29) is 23.3 Å². The van der Waals surface area contributed by atoms with Gasteiger partial charge in [-0.15, -0.1) is 10.2 Å². The summed E-state index contributed by atoms with van der Waals surface area (Å²) in [5, 5.41) is 9.12. The van der Waals surface area contributed by atoms with Crippen LogP contribution in [0.4, 0.5) is 4.39 Å². The molecular weight excluding hydrogens is 377 g/mol. The monoisotopic (exact) mass is 399 g/mol. The molecule has 1 unspecified atom stereocenters. The highest BCUT2D eigenvalue weighted by Gasteiger charge is 2.23. The zero-order chi connectivity index (χ0) is 20.1. The van der Waals surface area contributed by atoms with Crippen LogP contribution in [0, 0.1) is 5.82 Å². The Balaban J connectivity index is 1.76. The van der Waals surface area contributed by atoms with Crippen LogP contribution in [-0.4, -0.2) is 26.3 Å². The molecule has 5 nitrogen and oxygen atoms in total. The van der Waals surface area contributed by atoms with Gasteiger partial charge in [0.25, 0.3) is 0 Å². The number of rotatable bonds is 8. The van der Waals surface area contributed by atoms with Crippen LogP contribution < -0.4 is 4.74 Å². The summed E-state index contributed by atoms with van der Waals surface area (Å²) in [6.45, 7) is 5.82. The zero-order valence-corrected chi connectivity index (χ0v) is 16.8. The van der Waals surface area contributed by atoms with Crippen molar-refractivity contribution in [1.29, 1.82) is 0 Å². The van der Waals surface area contributed by atoms with Crippen LogP contribution in [0.2, 0.25) is 0 Å². The van der Waals surface area contributed by atoms with E-state index >= 15 is 0 Å². The lowest BCUT2D eigenvalue weighted by Crippen LogP contribution is -2.15. The Labute approximate surface area is 167 Å². The molecule has 3 aromatic rings. The molecule has 28 heavy (non-hydrogen) atoms. The van der Waals surface area contributed by atoms with Gasteiger partial charge in [0.2, 0.25) is 0 Å². The van der Waals surface area contributed by atoms with E-state index < -0.39 is 11.9 Å². The van der Waals surface area contributed by atoms with E-state index in [4.69, 9.17) is 4.74 Å². The van der Waals surface area contributed by atoms with Crippen LogP contribution in [0.3, 0.4) is 0 Å². The number of aromatic nitrogens is 3. The number of halogens is 1. The molecule has 146 valence electrons. The molecule has 1 aromatic heterocycles. The van der Waals surface area contributed by atoms with E-state index in [1.807, 2.05) is 36.6 Å². The lowest BCUT2D eigenvalue weighted by Gasteiger charge is -2.19. The molecular formula is C21H22FN3O2S. The molecule has 2 aromatic carbocycles. The summed E-state index contributed by atoms with van der Waals surface area (Å²) in [4.78, 5) is 12.4. The molecule has 0 spiro atoms. The van der Waals surface area contributed by atoms with Crippen LogP contribution in [-0.2, 0) is 0 Å². The Bertz CT molecular complexity index is 944. The van der Waals surface area contributed by atoms with E-state index in [2.05, 4.69) is 10.2 Å². The van der Waals surface area contributed by atoms with Crippen molar-refractivity contribution in [2.75, 3.05) is 5.75 Å². The fourth-order valence-corrected chi connectivity index (χ4v) is 3.74. The number of ketones is 1. The van der Waals surface area contributed by atoms with Gasteiger partial charge in [-0.2, -0.15) is 0 Å². The second-order valence-electron chi connectivity index (χ2n) is 6.57. The summed E-state index contributed by atoms with van der Waals surface area (Å²) in [6.07, 6.45) is -0.494. The number of ether oxygens (including phenoxy) is 1. The Morgan fingerprint density at radius 2 is 1.75 bits per heavy atom. The summed E-state index contributed by atoms with van der Waals surface area (Å²) in [7, 11) is 0. The first-order chi connectivity index (χ1) is 13.5. The predicted octanol–water partition coefficient (Wildman–Crippen LogP) is 5.11. The third-order valence-electron chi connectivity index (χ3n) is 4.14. The predicted molar refractivity (Wildman–Crippen MR) is 107 cm³/mol. The maximum Gasteiger partial charge on any atom is 0.192 e. The quantitative estimate of drug-likeness (QED) is 0.389. The lowest BCUT2D eigenvalue weighted by molar-refractivity contribution is 0.102. The number of Topliss-reactive ketones (excluding diaryl/α,β-unsaturated/α-hetero) is 1. The second kappa shape index (κ2) is 9.01. The number of hydrogen-bond donors (Lipinski definition) is 0. The van der Waals surface area contributed by atoms with Gasteiger partial charge in [0.1, 0.15) is 0 Å². The van der Waals surface area contributed by atoms with Crippen molar-refractivity contribution < 1.29 is 13.9 Å². The average molecular weight is 399 g/mol. The number of carbonyl (C=O) groups excluding carboxylic acids is 1. The van der Waals surface area contributed by atoms with Crippen LogP contribution in [0.1, 0.15) is 49.1 Å². The van der Waals surface area contributed by atoms with Crippen LogP contribution in [0.5, 0.6) is 5.75 Å². The van der Waals surface area contributed by atoms with Crippen molar-refractivity contribution in [3.05, 3.63) is 71.8 Å². The van der Waals surface area contributed by atoms with Crippen molar-refractivity contribution in [3.63, 3.8) is 0 Å². The zero-order valence-electron chi connectivity index (χ0n) is 16.0. The Hall–Kier alpha value is -2.67. The van der Waals surface area contributed by atoms with E-state index in [9.17, 15) is 9.18 Å². The van der Waals surface area contributed by atoms with Gasteiger partial charge in [-0.05, 0) is 32.9 Å². The lowest BCUT2D eigenvalue weighted by atomic mass is 10.2. The summed E-state index contributed by atoms with van der Waals surface area (Å²) < 4.78 is 21.6. The van der Waals surface area contributed by atoms with Gasteiger partial charge in [0.05, 0.1) is 5.75 Å². The molecule has 0 aliphatic heterocycles. The smallest absolute Gasteiger partial charge is 0.192 e. The molecule has 7 heteroatoms. The number of benzene rings is 2. The molecule has 1 atom stereocenters. The van der Waals surface area contributed by atoms with Gasteiger partial charge < -0.3 is 9.30 Å². The SMILES string of the molecule is CC(Oc1ccccc1F)c1nnc(SCC(=O)c2ccccc2)n1C(C)C. The first-order valence-corrected chi connectivity index (χ1v) is 10.0. The Morgan fingerprint density at radius 1 is 1.07 bits per heavy atom. The summed E-state index contributed by atoms with van der Waals surface area (Å²) in [5.41, 5.74) is 0.669. The van der Waals surface area contributed by atoms with Gasteiger partial charge >= 0.3 is 0 Å². The first kappa shape index (κ1) is 20.1. The number of thioether (sulfide) groups is 1. The average Bonchev–Trinajstić information content (AvgIpc) is 3.13. The maximum atomic E-state index is 13.9. The molecule has 0 amide bonds. The molecule has 0 radical (unpaired) electrons. The third-order valence-corrected chi connectivity index (χ3v) is 5.08. The molecule has 0 fully saturated rings. The highest BCUT2D eigenvalue weighted by Crippen LogP contribution is 2.28. The van der Waals surface area contributed by atoms with Crippen molar-refractivity contribution in [3.8, 4) is 5.75 Å². The topological polar surface area (TPSA) is 57.0 Å². The standard InChI is InChI=1S/C21H22FN3O2S/c1-14(2)25-20(15(3)27-19-12-8-7-11-17(19)22)23-24-21(25)28-13-18(26)16-9-5-4-6-10-16/h4-12,14-15H,13H2,1-3H3. The van der Waals surface area contributed by atoms with Gasteiger partial charge in [0, 0.05) is 11.6 Å². The molecule has 0 saturated heterocycles. The minimum atomic E-state index is -0.494. The molecule has 3 rings (SSSR count). The normalized spacial score (nSPS) is 12.2. The van der Waals surface area contributed by atoms with Crippen LogP contribution >= 0.6 is 11.8 Å². The minimum absolute atomic E-state index is 0.0288. The second-order valence-corrected chi connectivity index (χ2v) is 7.52. The number of nitrogens with zero attached hydrogens (tertiary/aromatic N) is 3. The van der Waals surface area contributed by atoms with E-state index in [0.717, 1.165) is 0 Å². The fourth-order valence-electron chi connectivity index (χ4n) is 2.77. The van der Waals surface area contributed by atoms with Crippen molar-refractivity contribution >= 4 is 17.5 Å². The minimum Gasteiger partial charge on any atom is -0.480 e. The van der Waals surface area contributed by atoms with Gasteiger partial charge in [-0.3, -0.25) is 4.79 Å². The Morgan fingerprint density at radius 3 is 2.43 bits per heavy atom. The van der Waals surface area contributed by atoms with Gasteiger partial charge in [0.15, 0.2) is 34.4 Å². The van der Waals surface area contributed by atoms with Gasteiger partial charge in [-0.25, -0.2) is 4.39 Å². The number of hydrogen-bond acceptors (Lipinski definition) is 5. The maximum absolute atomic E-state index is 13.9. The number of carbonyl (C=O) groups is 1. The fraction of sp³-hybridized carbons (Fsp3) is 0.286. The molecule has 0 N–H and O–H groups in total.